The molecule has 0 amide bonds. The molecule has 0 N–H and O–H groups in total. The first-order valence-corrected chi connectivity index (χ1v) is 5.03. The van der Waals surface area contributed by atoms with E-state index in [1.807, 2.05) is 6.92 Å². The van der Waals surface area contributed by atoms with Crippen LogP contribution in [0.5, 0.6) is 0 Å². The van der Waals surface area contributed by atoms with Crippen molar-refractivity contribution in [3.8, 4) is 6.07 Å². The maximum atomic E-state index is 8.77. The lowest BCUT2D eigenvalue weighted by Gasteiger charge is -2.20. The topological polar surface area (TPSA) is 27.0 Å². The summed E-state index contributed by atoms with van der Waals surface area (Å²) in [6.07, 6.45) is 1.12. The Kier molecular flexibility index (Phi) is 2.41. The lowest BCUT2D eigenvalue weighted by Crippen LogP contribution is -2.25. The fraction of sp³-hybridized carbons (Fsp3) is 0.417. The Balaban J connectivity index is 2.15. The number of rotatable bonds is 2. The van der Waals surface area contributed by atoms with Crippen LogP contribution in [-0.4, -0.2) is 13.1 Å². The van der Waals surface area contributed by atoms with Crippen molar-refractivity contribution in [2.75, 3.05) is 18.0 Å². The van der Waals surface area contributed by atoms with Gasteiger partial charge in [-0.3, -0.25) is 0 Å². The van der Waals surface area contributed by atoms with E-state index in [9.17, 15) is 0 Å². The average molecular weight is 186 g/mol. The molecular weight excluding hydrogens is 172 g/mol. The summed E-state index contributed by atoms with van der Waals surface area (Å²) in [6.45, 7) is 3.89. The van der Waals surface area contributed by atoms with Crippen LogP contribution in [0.1, 0.15) is 12.5 Å². The lowest BCUT2D eigenvalue weighted by molar-refractivity contribution is 0.690. The molecule has 0 aliphatic carbocycles. The summed E-state index contributed by atoms with van der Waals surface area (Å²) < 4.78 is 0. The van der Waals surface area contributed by atoms with Crippen LogP contribution >= 0.6 is 0 Å². The first-order chi connectivity index (χ1) is 6.81. The summed E-state index contributed by atoms with van der Waals surface area (Å²) in [7, 11) is 0. The second-order valence-electron chi connectivity index (χ2n) is 3.85. The fourth-order valence-electron chi connectivity index (χ4n) is 1.97. The summed E-state index contributed by atoms with van der Waals surface area (Å²) in [6, 6.07) is 10.7. The van der Waals surface area contributed by atoms with Gasteiger partial charge in [0.25, 0.3) is 0 Å². The van der Waals surface area contributed by atoms with E-state index in [0.717, 1.165) is 19.5 Å². The van der Waals surface area contributed by atoms with Gasteiger partial charge >= 0.3 is 0 Å². The minimum absolute atomic E-state index is 0.112. The summed E-state index contributed by atoms with van der Waals surface area (Å²) in [4.78, 5) is 2.31. The van der Waals surface area contributed by atoms with Crippen molar-refractivity contribution in [3.63, 3.8) is 0 Å². The molecule has 0 aromatic heterocycles. The van der Waals surface area contributed by atoms with Crippen LogP contribution in [0.15, 0.2) is 24.3 Å². The van der Waals surface area contributed by atoms with Crippen LogP contribution < -0.4 is 4.90 Å². The third-order valence-corrected chi connectivity index (χ3v) is 2.70. The van der Waals surface area contributed by atoms with E-state index in [-0.39, 0.29) is 5.92 Å². The molecule has 0 spiro atoms. The monoisotopic (exact) mass is 186 g/mol. The Hall–Kier alpha value is -1.49. The number of nitrogens with zero attached hydrogens (tertiary/aromatic N) is 2. The van der Waals surface area contributed by atoms with E-state index < -0.39 is 0 Å². The van der Waals surface area contributed by atoms with Gasteiger partial charge in [-0.05, 0) is 25.0 Å². The molecule has 1 aliphatic rings. The second-order valence-corrected chi connectivity index (χ2v) is 3.85. The van der Waals surface area contributed by atoms with Gasteiger partial charge in [0.05, 0.1) is 12.0 Å². The second kappa shape index (κ2) is 3.71. The third-order valence-electron chi connectivity index (χ3n) is 2.70. The maximum Gasteiger partial charge on any atom is 0.0671 e. The van der Waals surface area contributed by atoms with Crippen LogP contribution in [0.25, 0.3) is 0 Å². The molecule has 0 fully saturated rings. The quantitative estimate of drug-likeness (QED) is 0.708. The lowest BCUT2D eigenvalue weighted by atomic mass is 10.1. The Morgan fingerprint density at radius 2 is 2.29 bits per heavy atom. The van der Waals surface area contributed by atoms with E-state index >= 15 is 0 Å². The molecular formula is C12H14N2. The molecule has 1 aromatic carbocycles. The predicted octanol–water partition coefficient (Wildman–Crippen LogP) is 2.21. The van der Waals surface area contributed by atoms with Crippen molar-refractivity contribution >= 4 is 5.69 Å². The number of nitriles is 1. The molecule has 2 rings (SSSR count). The Morgan fingerprint density at radius 1 is 1.50 bits per heavy atom. The highest BCUT2D eigenvalue weighted by Crippen LogP contribution is 2.27. The average Bonchev–Trinajstić information content (AvgIpc) is 2.62. The fourth-order valence-corrected chi connectivity index (χ4v) is 1.97. The van der Waals surface area contributed by atoms with Crippen molar-refractivity contribution in [2.45, 2.75) is 13.3 Å². The molecule has 72 valence electrons. The zero-order valence-electron chi connectivity index (χ0n) is 8.40. The van der Waals surface area contributed by atoms with E-state index in [2.05, 4.69) is 35.2 Å². The standard InChI is InChI=1S/C12H14N2/c1-10(8-13)9-14-7-6-11-4-2-3-5-12(11)14/h2-5,10H,6-7,9H2,1H3. The van der Waals surface area contributed by atoms with Gasteiger partial charge in [0.1, 0.15) is 0 Å². The third kappa shape index (κ3) is 1.58. The number of hydrogen-bond donors (Lipinski definition) is 0. The first kappa shape index (κ1) is 9.08. The molecule has 1 aromatic rings. The molecule has 1 unspecified atom stereocenters. The van der Waals surface area contributed by atoms with E-state index in [1.54, 1.807) is 0 Å². The van der Waals surface area contributed by atoms with Crippen LogP contribution in [0.2, 0.25) is 0 Å². The molecule has 14 heavy (non-hydrogen) atoms. The number of hydrogen-bond acceptors (Lipinski definition) is 2. The molecule has 0 saturated heterocycles. The van der Waals surface area contributed by atoms with Gasteiger partial charge in [0, 0.05) is 18.8 Å². The zero-order valence-corrected chi connectivity index (χ0v) is 8.40. The van der Waals surface area contributed by atoms with E-state index in [1.165, 1.54) is 11.3 Å². The highest BCUT2D eigenvalue weighted by molar-refractivity contribution is 5.57. The number of fused-ring (bicyclic) bond motifs is 1. The number of benzene rings is 1. The minimum Gasteiger partial charge on any atom is -0.370 e. The summed E-state index contributed by atoms with van der Waals surface area (Å²) in [5.74, 6) is 0.112. The highest BCUT2D eigenvalue weighted by Gasteiger charge is 2.19. The minimum atomic E-state index is 0.112. The smallest absolute Gasteiger partial charge is 0.0671 e. The maximum absolute atomic E-state index is 8.77. The van der Waals surface area contributed by atoms with Crippen LogP contribution in [0, 0.1) is 17.2 Å². The summed E-state index contributed by atoms with van der Waals surface area (Å²) in [5.41, 5.74) is 2.73. The molecule has 0 saturated carbocycles. The van der Waals surface area contributed by atoms with Crippen LogP contribution in [0.3, 0.4) is 0 Å². The molecule has 0 bridgehead atoms. The number of para-hydroxylation sites is 1. The normalized spacial score (nSPS) is 16.1. The van der Waals surface area contributed by atoms with Crippen molar-refractivity contribution in [1.82, 2.24) is 0 Å². The van der Waals surface area contributed by atoms with E-state index in [4.69, 9.17) is 5.26 Å². The van der Waals surface area contributed by atoms with Gasteiger partial charge in [-0.15, -0.1) is 0 Å². The van der Waals surface area contributed by atoms with Crippen LogP contribution in [-0.2, 0) is 6.42 Å². The number of anilines is 1. The Morgan fingerprint density at radius 3 is 3.07 bits per heavy atom. The largest absolute Gasteiger partial charge is 0.370 e. The zero-order chi connectivity index (χ0) is 9.97. The van der Waals surface area contributed by atoms with Crippen molar-refractivity contribution in [2.24, 2.45) is 5.92 Å². The van der Waals surface area contributed by atoms with Crippen molar-refractivity contribution in [1.29, 1.82) is 5.26 Å². The summed E-state index contributed by atoms with van der Waals surface area (Å²) >= 11 is 0. The molecule has 2 nitrogen and oxygen atoms in total. The van der Waals surface area contributed by atoms with Crippen LogP contribution in [0.4, 0.5) is 5.69 Å². The van der Waals surface area contributed by atoms with Gasteiger partial charge in [-0.2, -0.15) is 5.26 Å². The van der Waals surface area contributed by atoms with Gasteiger partial charge < -0.3 is 4.90 Å². The van der Waals surface area contributed by atoms with Crippen molar-refractivity contribution in [3.05, 3.63) is 29.8 Å². The van der Waals surface area contributed by atoms with Gasteiger partial charge in [0.15, 0.2) is 0 Å². The van der Waals surface area contributed by atoms with Crippen molar-refractivity contribution < 1.29 is 0 Å². The molecule has 2 heteroatoms. The first-order valence-electron chi connectivity index (χ1n) is 5.03. The Bertz CT molecular complexity index is 365. The van der Waals surface area contributed by atoms with Gasteiger partial charge in [0.2, 0.25) is 0 Å². The van der Waals surface area contributed by atoms with Gasteiger partial charge in [-0.1, -0.05) is 18.2 Å². The SMILES string of the molecule is CC(C#N)CN1CCc2ccccc21. The molecule has 0 radical (unpaired) electrons. The predicted molar refractivity (Wildman–Crippen MR) is 57.1 cm³/mol. The molecule has 1 aliphatic heterocycles. The molecule has 1 heterocycles. The summed E-state index contributed by atoms with van der Waals surface area (Å²) in [5, 5.41) is 8.77. The molecule has 1 atom stereocenters. The van der Waals surface area contributed by atoms with E-state index in [0.29, 0.717) is 0 Å². The highest BCUT2D eigenvalue weighted by atomic mass is 15.1. The Labute approximate surface area is 84.8 Å². The van der Waals surface area contributed by atoms with Gasteiger partial charge in [-0.25, -0.2) is 0 Å².